The molecule has 1 saturated heterocycles. The summed E-state index contributed by atoms with van der Waals surface area (Å²) in [5.74, 6) is 0.421. The molecule has 0 bridgehead atoms. The Bertz CT molecular complexity index is 918. The summed E-state index contributed by atoms with van der Waals surface area (Å²) in [4.78, 5) is 36.8. The zero-order valence-electron chi connectivity index (χ0n) is 15.6. The molecule has 0 saturated carbocycles. The summed E-state index contributed by atoms with van der Waals surface area (Å²) >= 11 is 1.35. The number of urea groups is 1. The minimum absolute atomic E-state index is 0.223. The number of hydrogen-bond donors (Lipinski definition) is 3. The van der Waals surface area contributed by atoms with E-state index in [1.165, 1.54) is 11.8 Å². The number of carbonyl (C=O) groups excluding carboxylic acids is 3. The average Bonchev–Trinajstić information content (AvgIpc) is 2.96. The van der Waals surface area contributed by atoms with E-state index in [0.29, 0.717) is 23.6 Å². The molecular weight excluding hydrogens is 378 g/mol. The van der Waals surface area contributed by atoms with Crippen LogP contribution in [0.2, 0.25) is 0 Å². The highest BCUT2D eigenvalue weighted by Gasteiger charge is 2.41. The van der Waals surface area contributed by atoms with E-state index < -0.39 is 11.6 Å². The van der Waals surface area contributed by atoms with Crippen molar-refractivity contribution in [3.05, 3.63) is 59.7 Å². The third-order valence-corrected chi connectivity index (χ3v) is 5.79. The first-order valence-electron chi connectivity index (χ1n) is 8.68. The monoisotopic (exact) mass is 399 g/mol. The predicted octanol–water partition coefficient (Wildman–Crippen LogP) is 2.32. The molecule has 1 aliphatic rings. The number of nitrogens with one attached hydrogen (secondary N) is 3. The molecule has 28 heavy (non-hydrogen) atoms. The maximum absolute atomic E-state index is 12.7. The van der Waals surface area contributed by atoms with Gasteiger partial charge in [0.1, 0.15) is 11.3 Å². The van der Waals surface area contributed by atoms with E-state index in [0.717, 1.165) is 10.5 Å². The van der Waals surface area contributed by atoms with Gasteiger partial charge >= 0.3 is 6.03 Å². The van der Waals surface area contributed by atoms with Gasteiger partial charge in [-0.15, -0.1) is 11.8 Å². The van der Waals surface area contributed by atoms with E-state index in [1.807, 2.05) is 36.4 Å². The predicted molar refractivity (Wildman–Crippen MR) is 106 cm³/mol. The number of thioether (sulfide) groups is 1. The van der Waals surface area contributed by atoms with Crippen LogP contribution < -0.4 is 20.7 Å². The third kappa shape index (κ3) is 4.28. The minimum Gasteiger partial charge on any atom is -0.496 e. The molecule has 146 valence electrons. The van der Waals surface area contributed by atoms with Crippen molar-refractivity contribution >= 4 is 29.6 Å². The molecule has 1 fully saturated rings. The van der Waals surface area contributed by atoms with Gasteiger partial charge in [0.15, 0.2) is 0 Å². The molecule has 7 nitrogen and oxygen atoms in total. The normalized spacial score (nSPS) is 18.4. The lowest BCUT2D eigenvalue weighted by Crippen LogP contribution is -2.46. The molecule has 2 aromatic carbocycles. The Hall–Kier alpha value is -3.00. The Kier molecular flexibility index (Phi) is 5.89. The van der Waals surface area contributed by atoms with Gasteiger partial charge in [0.05, 0.1) is 12.7 Å². The maximum atomic E-state index is 12.7. The van der Waals surface area contributed by atoms with Gasteiger partial charge in [-0.05, 0) is 25.1 Å². The van der Waals surface area contributed by atoms with Crippen molar-refractivity contribution in [2.24, 2.45) is 0 Å². The molecule has 0 radical (unpaired) electrons. The minimum atomic E-state index is -1.01. The number of carbonyl (C=O) groups is 3. The largest absolute Gasteiger partial charge is 0.496 e. The summed E-state index contributed by atoms with van der Waals surface area (Å²) in [6, 6.07) is 14.1. The average molecular weight is 399 g/mol. The molecule has 0 unspecified atom stereocenters. The molecule has 0 spiro atoms. The highest BCUT2D eigenvalue weighted by Crippen LogP contribution is 2.27. The molecule has 1 atom stereocenters. The molecule has 3 N–H and O–H groups in total. The van der Waals surface area contributed by atoms with Gasteiger partial charge in [0.25, 0.3) is 11.8 Å². The third-order valence-electron chi connectivity index (χ3n) is 4.40. The zero-order valence-corrected chi connectivity index (χ0v) is 16.4. The molecule has 8 heteroatoms. The lowest BCUT2D eigenvalue weighted by atomic mass is 10.1. The number of benzene rings is 2. The number of amides is 4. The van der Waals surface area contributed by atoms with E-state index in [-0.39, 0.29) is 11.8 Å². The highest BCUT2D eigenvalue weighted by atomic mass is 32.2. The first kappa shape index (κ1) is 19.8. The molecule has 4 amide bonds. The molecule has 1 aliphatic heterocycles. The number of ether oxygens (including phenoxy) is 1. The van der Waals surface area contributed by atoms with Crippen molar-refractivity contribution in [3.63, 3.8) is 0 Å². The second kappa shape index (κ2) is 8.35. The topological polar surface area (TPSA) is 96.5 Å². The lowest BCUT2D eigenvalue weighted by molar-refractivity contribution is -0.122. The van der Waals surface area contributed by atoms with Gasteiger partial charge in [0, 0.05) is 22.8 Å². The highest BCUT2D eigenvalue weighted by molar-refractivity contribution is 7.99. The van der Waals surface area contributed by atoms with Crippen LogP contribution >= 0.6 is 11.8 Å². The van der Waals surface area contributed by atoms with Crippen molar-refractivity contribution in [1.82, 2.24) is 16.0 Å². The second-order valence-corrected chi connectivity index (χ2v) is 7.54. The van der Waals surface area contributed by atoms with Crippen LogP contribution in [0.5, 0.6) is 5.75 Å². The van der Waals surface area contributed by atoms with Crippen LogP contribution in [0.4, 0.5) is 4.79 Å². The molecule has 2 aromatic rings. The standard InChI is InChI=1S/C20H21N3O4S/c1-20(18(25)22-19(26)23-20)12-28-16-10-6-4-8-14(16)17(24)21-11-13-7-3-5-9-15(13)27-2/h3-10H,11-12H2,1-2H3,(H,21,24)(H2,22,23,25,26)/t20-/m1/s1. The zero-order chi connectivity index (χ0) is 20.1. The van der Waals surface area contributed by atoms with E-state index in [9.17, 15) is 14.4 Å². The fourth-order valence-corrected chi connectivity index (χ4v) is 3.94. The summed E-state index contributed by atoms with van der Waals surface area (Å²) < 4.78 is 5.30. The number of rotatable bonds is 7. The fraction of sp³-hybridized carbons (Fsp3) is 0.250. The fourth-order valence-electron chi connectivity index (χ4n) is 2.80. The second-order valence-electron chi connectivity index (χ2n) is 6.52. The van der Waals surface area contributed by atoms with Crippen LogP contribution in [0.25, 0.3) is 0 Å². The van der Waals surface area contributed by atoms with Crippen LogP contribution in [-0.2, 0) is 11.3 Å². The van der Waals surface area contributed by atoms with Gasteiger partial charge in [-0.2, -0.15) is 0 Å². The van der Waals surface area contributed by atoms with Crippen LogP contribution in [0.3, 0.4) is 0 Å². The van der Waals surface area contributed by atoms with Crippen molar-refractivity contribution in [3.8, 4) is 5.75 Å². The van der Waals surface area contributed by atoms with Crippen LogP contribution in [0.15, 0.2) is 53.4 Å². The Labute approximate surface area is 167 Å². The Balaban J connectivity index is 1.68. The summed E-state index contributed by atoms with van der Waals surface area (Å²) in [5.41, 5.74) is 0.375. The molecular formula is C20H21N3O4S. The smallest absolute Gasteiger partial charge is 0.322 e. The van der Waals surface area contributed by atoms with E-state index >= 15 is 0 Å². The number of imide groups is 1. The van der Waals surface area contributed by atoms with Gasteiger partial charge < -0.3 is 15.4 Å². The van der Waals surface area contributed by atoms with Gasteiger partial charge in [0.2, 0.25) is 0 Å². The van der Waals surface area contributed by atoms with Crippen LogP contribution in [0.1, 0.15) is 22.8 Å². The Morgan fingerprint density at radius 3 is 2.57 bits per heavy atom. The molecule has 3 rings (SSSR count). The number of hydrogen-bond acceptors (Lipinski definition) is 5. The van der Waals surface area contributed by atoms with Crippen molar-refractivity contribution in [2.45, 2.75) is 23.9 Å². The summed E-state index contributed by atoms with van der Waals surface area (Å²) in [7, 11) is 1.59. The van der Waals surface area contributed by atoms with E-state index in [2.05, 4.69) is 16.0 Å². The number of methoxy groups -OCH3 is 1. The van der Waals surface area contributed by atoms with Crippen molar-refractivity contribution in [1.29, 1.82) is 0 Å². The SMILES string of the molecule is COc1ccccc1CNC(=O)c1ccccc1SC[C@@]1(C)NC(=O)NC1=O. The van der Waals surface area contributed by atoms with Gasteiger partial charge in [-0.3, -0.25) is 14.9 Å². The van der Waals surface area contributed by atoms with Crippen LogP contribution in [-0.4, -0.2) is 36.2 Å². The van der Waals surface area contributed by atoms with E-state index in [4.69, 9.17) is 4.74 Å². The number of para-hydroxylation sites is 1. The Morgan fingerprint density at radius 2 is 1.86 bits per heavy atom. The summed E-state index contributed by atoms with van der Waals surface area (Å²) in [6.45, 7) is 1.99. The van der Waals surface area contributed by atoms with E-state index in [1.54, 1.807) is 26.2 Å². The van der Waals surface area contributed by atoms with Gasteiger partial charge in [-0.25, -0.2) is 4.79 Å². The van der Waals surface area contributed by atoms with Crippen LogP contribution in [0, 0.1) is 0 Å². The van der Waals surface area contributed by atoms with Crippen molar-refractivity contribution < 1.29 is 19.1 Å². The molecule has 0 aromatic heterocycles. The quantitative estimate of drug-likeness (QED) is 0.490. The maximum Gasteiger partial charge on any atom is 0.322 e. The van der Waals surface area contributed by atoms with Crippen molar-refractivity contribution in [2.75, 3.05) is 12.9 Å². The Morgan fingerprint density at radius 1 is 1.14 bits per heavy atom. The molecule has 0 aliphatic carbocycles. The first-order chi connectivity index (χ1) is 13.4. The molecule has 1 heterocycles. The van der Waals surface area contributed by atoms with Gasteiger partial charge in [-0.1, -0.05) is 30.3 Å². The summed E-state index contributed by atoms with van der Waals surface area (Å²) in [6.07, 6.45) is 0. The lowest BCUT2D eigenvalue weighted by Gasteiger charge is -2.20. The summed E-state index contributed by atoms with van der Waals surface area (Å²) in [5, 5.41) is 7.76. The first-order valence-corrected chi connectivity index (χ1v) is 9.67.